The van der Waals surface area contributed by atoms with Crippen molar-refractivity contribution in [2.45, 2.75) is 63.5 Å². The van der Waals surface area contributed by atoms with Gasteiger partial charge >= 0.3 is 0 Å². The largest absolute Gasteiger partial charge is 0.316 e. The van der Waals surface area contributed by atoms with E-state index in [1.807, 2.05) is 0 Å². The molecule has 1 N–H and O–H groups in total. The average molecular weight is 302 g/mol. The molecule has 2 fully saturated rings. The number of sulfonamides is 1. The van der Waals surface area contributed by atoms with Crippen LogP contribution in [0.2, 0.25) is 0 Å². The Morgan fingerprint density at radius 2 is 1.85 bits per heavy atom. The highest BCUT2D eigenvalue weighted by Gasteiger charge is 2.35. The quantitative estimate of drug-likeness (QED) is 0.766. The molecule has 20 heavy (non-hydrogen) atoms. The minimum atomic E-state index is -3.04. The molecule has 0 spiro atoms. The standard InChI is InChI=1S/C15H30N2O2S/c1-2-10-16-12-14-7-6-11-17(13-14)20(18,19)15-8-4-3-5-9-15/h14-16H,2-13H2,1H3. The Morgan fingerprint density at radius 1 is 1.10 bits per heavy atom. The van der Waals surface area contributed by atoms with E-state index in [1.165, 1.54) is 6.42 Å². The van der Waals surface area contributed by atoms with Crippen LogP contribution in [0.1, 0.15) is 58.3 Å². The van der Waals surface area contributed by atoms with Crippen LogP contribution in [0.15, 0.2) is 0 Å². The van der Waals surface area contributed by atoms with Crippen LogP contribution in [0.5, 0.6) is 0 Å². The van der Waals surface area contributed by atoms with Crippen molar-refractivity contribution in [2.24, 2.45) is 5.92 Å². The van der Waals surface area contributed by atoms with E-state index in [-0.39, 0.29) is 5.25 Å². The fourth-order valence-electron chi connectivity index (χ4n) is 3.48. The molecule has 0 aromatic carbocycles. The molecule has 1 aliphatic heterocycles. The van der Waals surface area contributed by atoms with Gasteiger partial charge in [-0.15, -0.1) is 0 Å². The highest BCUT2D eigenvalue weighted by atomic mass is 32.2. The van der Waals surface area contributed by atoms with E-state index in [0.717, 1.165) is 71.1 Å². The molecule has 0 aromatic rings. The lowest BCUT2D eigenvalue weighted by Gasteiger charge is -2.35. The van der Waals surface area contributed by atoms with Crippen molar-refractivity contribution >= 4 is 10.0 Å². The van der Waals surface area contributed by atoms with Gasteiger partial charge in [-0.1, -0.05) is 26.2 Å². The summed E-state index contributed by atoms with van der Waals surface area (Å²) in [6.45, 7) is 5.63. The summed E-state index contributed by atoms with van der Waals surface area (Å²) in [6, 6.07) is 0. The number of piperidine rings is 1. The maximum Gasteiger partial charge on any atom is 0.216 e. The lowest BCUT2D eigenvalue weighted by molar-refractivity contribution is 0.256. The molecular weight excluding hydrogens is 272 g/mol. The van der Waals surface area contributed by atoms with E-state index < -0.39 is 10.0 Å². The van der Waals surface area contributed by atoms with Gasteiger partial charge in [-0.2, -0.15) is 0 Å². The van der Waals surface area contributed by atoms with Crippen molar-refractivity contribution in [1.29, 1.82) is 0 Å². The van der Waals surface area contributed by atoms with E-state index in [1.54, 1.807) is 4.31 Å². The molecule has 1 aliphatic carbocycles. The smallest absolute Gasteiger partial charge is 0.216 e. The van der Waals surface area contributed by atoms with Gasteiger partial charge < -0.3 is 5.32 Å². The lowest BCUT2D eigenvalue weighted by atomic mass is 10.00. The molecule has 2 rings (SSSR count). The van der Waals surface area contributed by atoms with E-state index in [0.29, 0.717) is 5.92 Å². The second-order valence-corrected chi connectivity index (χ2v) is 8.59. The molecule has 2 aliphatic rings. The molecule has 1 saturated carbocycles. The second-order valence-electron chi connectivity index (χ2n) is 6.38. The molecule has 0 amide bonds. The number of hydrogen-bond donors (Lipinski definition) is 1. The molecule has 0 aromatic heterocycles. The summed E-state index contributed by atoms with van der Waals surface area (Å²) in [6.07, 6.45) is 8.43. The fraction of sp³-hybridized carbons (Fsp3) is 1.00. The van der Waals surface area contributed by atoms with Crippen LogP contribution in [0.3, 0.4) is 0 Å². The first-order chi connectivity index (χ1) is 9.64. The first kappa shape index (κ1) is 16.2. The van der Waals surface area contributed by atoms with Gasteiger partial charge in [0.15, 0.2) is 0 Å². The van der Waals surface area contributed by atoms with Crippen molar-refractivity contribution < 1.29 is 8.42 Å². The predicted molar refractivity (Wildman–Crippen MR) is 83.3 cm³/mol. The number of hydrogen-bond acceptors (Lipinski definition) is 3. The Morgan fingerprint density at radius 3 is 2.55 bits per heavy atom. The van der Waals surface area contributed by atoms with Gasteiger partial charge in [0.25, 0.3) is 0 Å². The van der Waals surface area contributed by atoms with Gasteiger partial charge in [-0.3, -0.25) is 0 Å². The van der Waals surface area contributed by atoms with Crippen LogP contribution >= 0.6 is 0 Å². The third-order valence-electron chi connectivity index (χ3n) is 4.67. The Balaban J connectivity index is 1.89. The Hall–Kier alpha value is -0.130. The van der Waals surface area contributed by atoms with Crippen LogP contribution in [0.25, 0.3) is 0 Å². The summed E-state index contributed by atoms with van der Waals surface area (Å²) in [5, 5.41) is 3.34. The van der Waals surface area contributed by atoms with Crippen molar-refractivity contribution in [2.75, 3.05) is 26.2 Å². The van der Waals surface area contributed by atoms with Crippen LogP contribution in [-0.4, -0.2) is 44.2 Å². The molecule has 1 atom stereocenters. The summed E-state index contributed by atoms with van der Waals surface area (Å²) in [5.74, 6) is 0.494. The highest BCUT2D eigenvalue weighted by molar-refractivity contribution is 7.89. The maximum absolute atomic E-state index is 12.7. The van der Waals surface area contributed by atoms with Gasteiger partial charge in [-0.25, -0.2) is 12.7 Å². The van der Waals surface area contributed by atoms with Gasteiger partial charge in [0.1, 0.15) is 0 Å². The fourth-order valence-corrected chi connectivity index (χ4v) is 5.63. The molecule has 4 nitrogen and oxygen atoms in total. The topological polar surface area (TPSA) is 49.4 Å². The minimum absolute atomic E-state index is 0.0985. The second kappa shape index (κ2) is 7.76. The highest BCUT2D eigenvalue weighted by Crippen LogP contribution is 2.28. The molecule has 0 bridgehead atoms. The van der Waals surface area contributed by atoms with E-state index in [4.69, 9.17) is 0 Å². The minimum Gasteiger partial charge on any atom is -0.316 e. The third-order valence-corrected chi connectivity index (χ3v) is 7.04. The Bertz CT molecular complexity index is 377. The zero-order chi connectivity index (χ0) is 14.4. The summed E-state index contributed by atoms with van der Waals surface area (Å²) < 4.78 is 27.2. The van der Waals surface area contributed by atoms with Gasteiger partial charge in [0, 0.05) is 13.1 Å². The van der Waals surface area contributed by atoms with Crippen LogP contribution in [0, 0.1) is 5.92 Å². The van der Waals surface area contributed by atoms with E-state index >= 15 is 0 Å². The van der Waals surface area contributed by atoms with Gasteiger partial charge in [0.05, 0.1) is 5.25 Å². The van der Waals surface area contributed by atoms with E-state index in [2.05, 4.69) is 12.2 Å². The normalized spacial score (nSPS) is 26.8. The summed E-state index contributed by atoms with van der Waals surface area (Å²) >= 11 is 0. The monoisotopic (exact) mass is 302 g/mol. The Kier molecular flexibility index (Phi) is 6.30. The molecule has 1 saturated heterocycles. The molecular formula is C15H30N2O2S. The summed E-state index contributed by atoms with van der Waals surface area (Å²) in [4.78, 5) is 0. The number of rotatable bonds is 6. The van der Waals surface area contributed by atoms with Crippen molar-refractivity contribution in [3.8, 4) is 0 Å². The van der Waals surface area contributed by atoms with Crippen molar-refractivity contribution in [3.05, 3.63) is 0 Å². The number of nitrogens with one attached hydrogen (secondary N) is 1. The summed E-state index contributed by atoms with van der Waals surface area (Å²) in [7, 11) is -3.04. The first-order valence-corrected chi connectivity index (χ1v) is 9.84. The molecule has 5 heteroatoms. The zero-order valence-electron chi connectivity index (χ0n) is 12.8. The van der Waals surface area contributed by atoms with Gasteiger partial charge in [0.2, 0.25) is 10.0 Å². The lowest BCUT2D eigenvalue weighted by Crippen LogP contribution is -2.46. The first-order valence-electron chi connectivity index (χ1n) is 8.34. The number of nitrogens with zero attached hydrogens (tertiary/aromatic N) is 1. The SMILES string of the molecule is CCCNCC1CCCN(S(=O)(=O)C2CCCCC2)C1. The predicted octanol–water partition coefficient (Wildman–Crippen LogP) is 2.36. The van der Waals surface area contributed by atoms with Crippen molar-refractivity contribution in [3.63, 3.8) is 0 Å². The molecule has 1 heterocycles. The maximum atomic E-state index is 12.7. The van der Waals surface area contributed by atoms with Crippen molar-refractivity contribution in [1.82, 2.24) is 9.62 Å². The van der Waals surface area contributed by atoms with Gasteiger partial charge in [-0.05, 0) is 51.1 Å². The Labute approximate surface area is 124 Å². The molecule has 1 unspecified atom stereocenters. The average Bonchev–Trinajstić information content (AvgIpc) is 2.49. The zero-order valence-corrected chi connectivity index (χ0v) is 13.6. The summed E-state index contributed by atoms with van der Waals surface area (Å²) in [5.41, 5.74) is 0. The molecule has 0 radical (unpaired) electrons. The van der Waals surface area contributed by atoms with Crippen LogP contribution in [0.4, 0.5) is 0 Å². The van der Waals surface area contributed by atoms with Crippen LogP contribution < -0.4 is 5.32 Å². The molecule has 118 valence electrons. The van der Waals surface area contributed by atoms with Crippen LogP contribution in [-0.2, 0) is 10.0 Å². The van der Waals surface area contributed by atoms with E-state index in [9.17, 15) is 8.42 Å². The third kappa shape index (κ3) is 4.18.